The van der Waals surface area contributed by atoms with E-state index in [-0.39, 0.29) is 6.23 Å². The Kier molecular flexibility index (Phi) is 1.86. The van der Waals surface area contributed by atoms with Gasteiger partial charge in [0, 0.05) is 30.8 Å². The van der Waals surface area contributed by atoms with E-state index in [1.165, 1.54) is 6.08 Å². The number of ether oxygens (including phenoxy) is 1. The molecule has 0 saturated carbocycles. The number of allylic oxidation sites excluding steroid dienone is 1. The van der Waals surface area contributed by atoms with Crippen molar-refractivity contribution >= 4 is 17.3 Å². The van der Waals surface area contributed by atoms with Crippen LogP contribution in [-0.4, -0.2) is 40.8 Å². The number of ketones is 2. The molecule has 5 nitrogen and oxygen atoms in total. The standard InChI is InChI=1S/C13H12N2O3/c16-9-5-8-11-7(6-14-12(11)13(9)17)4-10-15(8)2-1-3-18-10/h5-6,10,14H,1-4H2. The molecular weight excluding hydrogens is 232 g/mol. The van der Waals surface area contributed by atoms with E-state index >= 15 is 0 Å². The van der Waals surface area contributed by atoms with Gasteiger partial charge in [0.05, 0.1) is 12.3 Å². The molecule has 0 aromatic carbocycles. The van der Waals surface area contributed by atoms with E-state index in [9.17, 15) is 9.59 Å². The summed E-state index contributed by atoms with van der Waals surface area (Å²) in [7, 11) is 0. The highest BCUT2D eigenvalue weighted by Crippen LogP contribution is 2.38. The second-order valence-corrected chi connectivity index (χ2v) is 4.86. The zero-order chi connectivity index (χ0) is 12.3. The molecule has 0 amide bonds. The minimum absolute atomic E-state index is 0.00199. The molecule has 2 aliphatic heterocycles. The van der Waals surface area contributed by atoms with Gasteiger partial charge in [-0.1, -0.05) is 0 Å². The fourth-order valence-corrected chi connectivity index (χ4v) is 3.03. The Hall–Kier alpha value is -1.88. The molecule has 1 saturated heterocycles. The van der Waals surface area contributed by atoms with E-state index in [2.05, 4.69) is 9.88 Å². The number of carbonyl (C=O) groups is 2. The van der Waals surface area contributed by atoms with Gasteiger partial charge in [-0.15, -0.1) is 0 Å². The van der Waals surface area contributed by atoms with E-state index in [1.54, 1.807) is 0 Å². The fraction of sp³-hybridized carbons (Fsp3) is 0.385. The normalized spacial score (nSPS) is 25.7. The first kappa shape index (κ1) is 10.1. The van der Waals surface area contributed by atoms with Crippen molar-refractivity contribution in [1.29, 1.82) is 0 Å². The summed E-state index contributed by atoms with van der Waals surface area (Å²) in [6.45, 7) is 1.63. The summed E-state index contributed by atoms with van der Waals surface area (Å²) in [5.41, 5.74) is 3.26. The molecule has 0 bridgehead atoms. The van der Waals surface area contributed by atoms with E-state index in [4.69, 9.17) is 4.74 Å². The second kappa shape index (κ2) is 3.32. The number of aromatic nitrogens is 1. The van der Waals surface area contributed by atoms with Crippen LogP contribution < -0.4 is 0 Å². The number of aromatic amines is 1. The third kappa shape index (κ3) is 1.14. The maximum atomic E-state index is 11.8. The number of hydrogen-bond donors (Lipinski definition) is 1. The van der Waals surface area contributed by atoms with Crippen LogP contribution in [0.3, 0.4) is 0 Å². The number of nitrogens with one attached hydrogen (secondary N) is 1. The fourth-order valence-electron chi connectivity index (χ4n) is 3.03. The highest BCUT2D eigenvalue weighted by Gasteiger charge is 2.39. The van der Waals surface area contributed by atoms with Crippen LogP contribution >= 0.6 is 0 Å². The van der Waals surface area contributed by atoms with E-state index in [0.717, 1.165) is 42.8 Å². The highest BCUT2D eigenvalue weighted by atomic mass is 16.5. The number of nitrogens with zero attached hydrogens (tertiary/aromatic N) is 1. The predicted octanol–water partition coefficient (Wildman–Crippen LogP) is 0.726. The lowest BCUT2D eigenvalue weighted by molar-refractivity contribution is -0.111. The Morgan fingerprint density at radius 1 is 1.39 bits per heavy atom. The number of rotatable bonds is 0. The maximum Gasteiger partial charge on any atom is 0.249 e. The van der Waals surface area contributed by atoms with Gasteiger partial charge >= 0.3 is 0 Å². The van der Waals surface area contributed by atoms with Crippen LogP contribution in [0.5, 0.6) is 0 Å². The zero-order valence-corrected chi connectivity index (χ0v) is 9.73. The SMILES string of the molecule is O=C1C=C2c3c(c[nH]c3C1=O)CC1OCCCN21. The number of H-pyrrole nitrogens is 1. The Labute approximate surface area is 103 Å². The third-order valence-electron chi connectivity index (χ3n) is 3.84. The quantitative estimate of drug-likeness (QED) is 0.683. The van der Waals surface area contributed by atoms with Gasteiger partial charge in [-0.3, -0.25) is 9.59 Å². The lowest BCUT2D eigenvalue weighted by atomic mass is 9.90. The average molecular weight is 244 g/mol. The number of carbonyl (C=O) groups excluding carboxylic acids is 2. The molecule has 0 radical (unpaired) electrons. The summed E-state index contributed by atoms with van der Waals surface area (Å²) in [6, 6.07) is 0. The Morgan fingerprint density at radius 3 is 3.17 bits per heavy atom. The molecule has 0 spiro atoms. The molecular formula is C13H12N2O3. The van der Waals surface area contributed by atoms with Crippen molar-refractivity contribution in [3.63, 3.8) is 0 Å². The van der Waals surface area contributed by atoms with Gasteiger partial charge in [0.1, 0.15) is 11.9 Å². The molecule has 1 aromatic rings. The summed E-state index contributed by atoms with van der Waals surface area (Å²) in [5.74, 6) is -0.881. The van der Waals surface area contributed by atoms with Gasteiger partial charge < -0.3 is 14.6 Å². The molecule has 3 aliphatic rings. The van der Waals surface area contributed by atoms with E-state index in [1.807, 2.05) is 6.20 Å². The number of Topliss-reactive ketones (excluding diaryl/α,β-unsaturated/α-hetero) is 1. The van der Waals surface area contributed by atoms with Crippen LogP contribution in [0.15, 0.2) is 12.3 Å². The van der Waals surface area contributed by atoms with Crippen LogP contribution in [0.4, 0.5) is 0 Å². The lowest BCUT2D eigenvalue weighted by Crippen LogP contribution is -2.46. The van der Waals surface area contributed by atoms with Crippen LogP contribution in [0, 0.1) is 0 Å². The van der Waals surface area contributed by atoms with Crippen molar-refractivity contribution in [2.75, 3.05) is 13.2 Å². The Bertz CT molecular complexity index is 599. The van der Waals surface area contributed by atoms with Crippen LogP contribution in [0.25, 0.3) is 5.70 Å². The van der Waals surface area contributed by atoms with E-state index < -0.39 is 11.6 Å². The van der Waals surface area contributed by atoms with Gasteiger partial charge in [-0.2, -0.15) is 0 Å². The van der Waals surface area contributed by atoms with Crippen LogP contribution in [0.1, 0.15) is 28.0 Å². The third-order valence-corrected chi connectivity index (χ3v) is 3.84. The van der Waals surface area contributed by atoms with Gasteiger partial charge in [0.2, 0.25) is 11.6 Å². The molecule has 4 rings (SSSR count). The van der Waals surface area contributed by atoms with Gasteiger partial charge in [-0.05, 0) is 12.0 Å². The smallest absolute Gasteiger partial charge is 0.249 e. The molecule has 1 aliphatic carbocycles. The molecule has 5 heteroatoms. The molecule has 1 unspecified atom stereocenters. The molecule has 1 aromatic heterocycles. The second-order valence-electron chi connectivity index (χ2n) is 4.86. The summed E-state index contributed by atoms with van der Waals surface area (Å²) in [6.07, 6.45) is 5.00. The van der Waals surface area contributed by atoms with Crippen LogP contribution in [-0.2, 0) is 16.0 Å². The Balaban J connectivity index is 1.93. The monoisotopic (exact) mass is 244 g/mol. The van der Waals surface area contributed by atoms with Crippen molar-refractivity contribution in [1.82, 2.24) is 9.88 Å². The number of hydrogen-bond acceptors (Lipinski definition) is 4. The van der Waals surface area contributed by atoms with Crippen molar-refractivity contribution in [3.8, 4) is 0 Å². The van der Waals surface area contributed by atoms with Crippen molar-refractivity contribution in [3.05, 3.63) is 29.1 Å². The molecule has 18 heavy (non-hydrogen) atoms. The van der Waals surface area contributed by atoms with Gasteiger partial charge in [-0.25, -0.2) is 0 Å². The van der Waals surface area contributed by atoms with Crippen LogP contribution in [0.2, 0.25) is 0 Å². The predicted molar refractivity (Wildman–Crippen MR) is 62.9 cm³/mol. The van der Waals surface area contributed by atoms with Gasteiger partial charge in [0.25, 0.3) is 0 Å². The zero-order valence-electron chi connectivity index (χ0n) is 9.73. The highest BCUT2D eigenvalue weighted by molar-refractivity contribution is 6.50. The maximum absolute atomic E-state index is 11.8. The largest absolute Gasteiger partial charge is 0.358 e. The molecule has 92 valence electrons. The van der Waals surface area contributed by atoms with Crippen molar-refractivity contribution < 1.29 is 14.3 Å². The van der Waals surface area contributed by atoms with E-state index in [0.29, 0.717) is 5.69 Å². The summed E-state index contributed by atoms with van der Waals surface area (Å²) >= 11 is 0. The van der Waals surface area contributed by atoms with Crippen molar-refractivity contribution in [2.24, 2.45) is 0 Å². The first-order valence-electron chi connectivity index (χ1n) is 6.15. The Morgan fingerprint density at radius 2 is 2.28 bits per heavy atom. The molecule has 1 atom stereocenters. The minimum Gasteiger partial charge on any atom is -0.358 e. The van der Waals surface area contributed by atoms with Gasteiger partial charge in [0.15, 0.2) is 0 Å². The minimum atomic E-state index is -0.447. The molecule has 1 fully saturated rings. The first-order valence-corrected chi connectivity index (χ1v) is 6.15. The molecule has 3 heterocycles. The summed E-state index contributed by atoms with van der Waals surface area (Å²) in [4.78, 5) is 28.6. The molecule has 1 N–H and O–H groups in total. The topological polar surface area (TPSA) is 62.4 Å². The first-order chi connectivity index (χ1) is 8.75. The van der Waals surface area contributed by atoms with Crippen molar-refractivity contribution in [2.45, 2.75) is 19.1 Å². The lowest BCUT2D eigenvalue weighted by Gasteiger charge is -2.42. The average Bonchev–Trinajstić information content (AvgIpc) is 2.80. The summed E-state index contributed by atoms with van der Waals surface area (Å²) < 4.78 is 5.74. The number of fused-ring (bicyclic) bond motifs is 2. The summed E-state index contributed by atoms with van der Waals surface area (Å²) in [5, 5.41) is 0.